The first-order valence-corrected chi connectivity index (χ1v) is 10.5. The molecule has 0 radical (unpaired) electrons. The van der Waals surface area contributed by atoms with Crippen LogP contribution in [-0.2, 0) is 4.74 Å². The highest BCUT2D eigenvalue weighted by Crippen LogP contribution is 2.06. The molecule has 118 valence electrons. The summed E-state index contributed by atoms with van der Waals surface area (Å²) in [5.74, 6) is 0. The van der Waals surface area contributed by atoms with Gasteiger partial charge in [0.15, 0.2) is 0 Å². The second-order valence-electron chi connectivity index (χ2n) is 5.40. The molecule has 1 unspecified atom stereocenters. The van der Waals surface area contributed by atoms with Gasteiger partial charge in [-0.2, -0.15) is 0 Å². The van der Waals surface area contributed by atoms with E-state index < -0.39 is 8.80 Å². The third kappa shape index (κ3) is 6.59. The topological polar surface area (TPSA) is 12.5 Å². The Kier molecular flexibility index (Phi) is 9.31. The summed E-state index contributed by atoms with van der Waals surface area (Å²) in [6, 6.07) is 10.2. The summed E-state index contributed by atoms with van der Waals surface area (Å²) in [5, 5.41) is 1.51. The molecule has 21 heavy (non-hydrogen) atoms. The molecule has 2 nitrogen and oxygen atoms in total. The average Bonchev–Trinajstić information content (AvgIpc) is 2.54. The lowest BCUT2D eigenvalue weighted by Gasteiger charge is -2.20. The molecule has 0 aromatic heterocycles. The van der Waals surface area contributed by atoms with Gasteiger partial charge < -0.3 is 9.64 Å². The number of rotatable bonds is 11. The highest BCUT2D eigenvalue weighted by Gasteiger charge is 2.14. The highest BCUT2D eigenvalue weighted by molar-refractivity contribution is 6.73. The largest absolute Gasteiger partial charge is 0.385 e. The normalized spacial score (nSPS) is 12.6. The van der Waals surface area contributed by atoms with Crippen LogP contribution in [0.25, 0.3) is 6.08 Å². The number of hydrogen-bond acceptors (Lipinski definition) is 2. The van der Waals surface area contributed by atoms with Crippen molar-refractivity contribution in [1.82, 2.24) is 4.90 Å². The molecule has 0 aliphatic rings. The van der Waals surface area contributed by atoms with Gasteiger partial charge in [0.2, 0.25) is 0 Å². The van der Waals surface area contributed by atoms with E-state index in [9.17, 15) is 0 Å². The van der Waals surface area contributed by atoms with Gasteiger partial charge >= 0.3 is 0 Å². The molecule has 3 heteroatoms. The Morgan fingerprint density at radius 2 is 2.00 bits per heavy atom. The molecule has 0 amide bonds. The van der Waals surface area contributed by atoms with Crippen LogP contribution >= 0.6 is 0 Å². The fourth-order valence-corrected chi connectivity index (χ4v) is 5.35. The highest BCUT2D eigenvalue weighted by atomic mass is 28.3. The minimum absolute atomic E-state index is 0.820. The smallest absolute Gasteiger partial charge is 0.100 e. The Morgan fingerprint density at radius 1 is 1.24 bits per heavy atom. The lowest BCUT2D eigenvalue weighted by Crippen LogP contribution is -2.36. The van der Waals surface area contributed by atoms with Gasteiger partial charge in [-0.3, -0.25) is 0 Å². The summed E-state index contributed by atoms with van der Waals surface area (Å²) in [6.45, 7) is 14.8. The van der Waals surface area contributed by atoms with Gasteiger partial charge in [0.05, 0.1) is 0 Å². The zero-order valence-electron chi connectivity index (χ0n) is 14.0. The first-order chi connectivity index (χ1) is 10.2. The Labute approximate surface area is 132 Å². The van der Waals surface area contributed by atoms with Crippen molar-refractivity contribution < 1.29 is 4.74 Å². The van der Waals surface area contributed by atoms with Crippen LogP contribution in [0.3, 0.4) is 0 Å². The fourth-order valence-electron chi connectivity index (χ4n) is 2.65. The van der Waals surface area contributed by atoms with Crippen molar-refractivity contribution in [2.75, 3.05) is 32.5 Å². The minimum atomic E-state index is -1.03. The molecule has 0 spiro atoms. The Morgan fingerprint density at radius 3 is 2.62 bits per heavy atom. The molecular weight excluding hydrogens is 274 g/mol. The first kappa shape index (κ1) is 18.1. The molecule has 0 aliphatic heterocycles. The lowest BCUT2D eigenvalue weighted by atomic mass is 10.2. The van der Waals surface area contributed by atoms with Gasteiger partial charge in [-0.05, 0) is 38.5 Å². The van der Waals surface area contributed by atoms with E-state index in [0.29, 0.717) is 0 Å². The molecule has 0 saturated carbocycles. The monoisotopic (exact) mass is 305 g/mol. The molecule has 0 heterocycles. The van der Waals surface area contributed by atoms with E-state index in [1.807, 2.05) is 6.08 Å². The third-order valence-corrected chi connectivity index (χ3v) is 7.11. The second-order valence-corrected chi connectivity index (χ2v) is 8.37. The summed E-state index contributed by atoms with van der Waals surface area (Å²) in [5.41, 5.74) is 1.23. The van der Waals surface area contributed by atoms with Gasteiger partial charge in [-0.15, -0.1) is 0 Å². The van der Waals surface area contributed by atoms with Crippen molar-refractivity contribution in [2.45, 2.75) is 33.2 Å². The molecule has 0 fully saturated rings. The van der Waals surface area contributed by atoms with Crippen molar-refractivity contribution in [2.24, 2.45) is 0 Å². The van der Waals surface area contributed by atoms with E-state index in [4.69, 9.17) is 4.74 Å². The number of benzene rings is 1. The summed E-state index contributed by atoms with van der Waals surface area (Å²) >= 11 is 0. The number of hydrogen-bond donors (Lipinski definition) is 0. The van der Waals surface area contributed by atoms with Gasteiger partial charge in [0.25, 0.3) is 0 Å². The van der Waals surface area contributed by atoms with Gasteiger partial charge in [0, 0.05) is 12.8 Å². The maximum Gasteiger partial charge on any atom is 0.100 e. The van der Waals surface area contributed by atoms with E-state index in [-0.39, 0.29) is 0 Å². The standard InChI is InChI=1S/C18H31NOSi/c1-5-17-11-9-12-18(15-17)21(16-20-8-4)14-10-13-19(6-2)7-3/h5,9,11-12,15,21H,1,6-8,10,13-14,16H2,2-4H3. The molecule has 0 N–H and O–H groups in total. The van der Waals surface area contributed by atoms with E-state index in [1.54, 1.807) is 0 Å². The molecule has 1 aromatic carbocycles. The molecular formula is C18H31NOSi. The van der Waals surface area contributed by atoms with E-state index in [2.05, 4.69) is 56.5 Å². The van der Waals surface area contributed by atoms with Crippen molar-refractivity contribution >= 4 is 20.1 Å². The van der Waals surface area contributed by atoms with Crippen LogP contribution in [-0.4, -0.2) is 46.2 Å². The molecule has 0 aliphatic carbocycles. The van der Waals surface area contributed by atoms with Crippen LogP contribution in [0.1, 0.15) is 32.8 Å². The van der Waals surface area contributed by atoms with Gasteiger partial charge in [-0.25, -0.2) is 0 Å². The van der Waals surface area contributed by atoms with Crippen molar-refractivity contribution in [3.8, 4) is 0 Å². The van der Waals surface area contributed by atoms with E-state index in [1.165, 1.54) is 29.8 Å². The van der Waals surface area contributed by atoms with Crippen LogP contribution in [0.15, 0.2) is 30.8 Å². The second kappa shape index (κ2) is 10.8. The molecule has 1 rings (SSSR count). The zero-order valence-corrected chi connectivity index (χ0v) is 15.1. The zero-order chi connectivity index (χ0) is 15.5. The van der Waals surface area contributed by atoms with Crippen LogP contribution in [0.5, 0.6) is 0 Å². The molecule has 1 atom stereocenters. The van der Waals surface area contributed by atoms with Gasteiger partial charge in [0.1, 0.15) is 8.80 Å². The predicted molar refractivity (Wildman–Crippen MR) is 97.0 cm³/mol. The van der Waals surface area contributed by atoms with Gasteiger partial charge in [-0.1, -0.05) is 62.0 Å². The molecule has 0 bridgehead atoms. The van der Waals surface area contributed by atoms with E-state index in [0.717, 1.165) is 25.9 Å². The van der Waals surface area contributed by atoms with Crippen LogP contribution < -0.4 is 5.19 Å². The van der Waals surface area contributed by atoms with E-state index >= 15 is 0 Å². The summed E-state index contributed by atoms with van der Waals surface area (Å²) < 4.78 is 5.76. The average molecular weight is 306 g/mol. The van der Waals surface area contributed by atoms with Crippen molar-refractivity contribution in [3.63, 3.8) is 0 Å². The molecule has 1 aromatic rings. The Balaban J connectivity index is 2.63. The quantitative estimate of drug-likeness (QED) is 0.583. The van der Waals surface area contributed by atoms with Crippen LogP contribution in [0, 0.1) is 0 Å². The third-order valence-electron chi connectivity index (χ3n) is 4.06. The minimum Gasteiger partial charge on any atom is -0.385 e. The van der Waals surface area contributed by atoms with Crippen molar-refractivity contribution in [1.29, 1.82) is 0 Å². The maximum absolute atomic E-state index is 5.76. The van der Waals surface area contributed by atoms with Crippen LogP contribution in [0.4, 0.5) is 0 Å². The van der Waals surface area contributed by atoms with Crippen LogP contribution in [0.2, 0.25) is 6.04 Å². The first-order valence-electron chi connectivity index (χ1n) is 8.27. The summed E-state index contributed by atoms with van der Waals surface area (Å²) in [4.78, 5) is 2.51. The summed E-state index contributed by atoms with van der Waals surface area (Å²) in [6.07, 6.45) is 4.17. The molecule has 0 saturated heterocycles. The Hall–Kier alpha value is -0.903. The summed E-state index contributed by atoms with van der Waals surface area (Å²) in [7, 11) is -1.03. The maximum atomic E-state index is 5.76. The lowest BCUT2D eigenvalue weighted by molar-refractivity contribution is 0.191. The SMILES string of the molecule is C=Cc1cccc([SiH](CCCN(CC)CC)COCC)c1. The number of ether oxygens (including phenoxy) is 1. The Bertz CT molecular complexity index is 404. The number of nitrogens with zero attached hydrogens (tertiary/aromatic N) is 1. The predicted octanol–water partition coefficient (Wildman–Crippen LogP) is 3.07. The fraction of sp³-hybridized carbons (Fsp3) is 0.556. The van der Waals surface area contributed by atoms with Crippen molar-refractivity contribution in [3.05, 3.63) is 36.4 Å².